The lowest BCUT2D eigenvalue weighted by molar-refractivity contribution is -0.883. The first kappa shape index (κ1) is 50.8. The van der Waals surface area contributed by atoms with Crippen molar-refractivity contribution in [3.8, 4) is 11.5 Å². The Balaban J connectivity index is 0. The number of halogens is 2. The monoisotopic (exact) mass is 745 g/mol. The molecule has 0 unspecified atom stereocenters. The lowest BCUT2D eigenvalue weighted by atomic mass is 10.1. The van der Waals surface area contributed by atoms with Crippen LogP contribution in [0.5, 0.6) is 11.5 Å². The van der Waals surface area contributed by atoms with Crippen molar-refractivity contribution in [3.63, 3.8) is 0 Å². The van der Waals surface area contributed by atoms with E-state index in [2.05, 4.69) is 42.0 Å². The fraction of sp³-hybridized carbons (Fsp3) is 0.810. The molecule has 0 aromatic heterocycles. The highest BCUT2D eigenvalue weighted by Gasteiger charge is 2.23. The normalized spacial score (nSPS) is 11.5. The highest BCUT2D eigenvalue weighted by atomic mass is 35.5. The Hall–Kier alpha value is -1.34. The number of ether oxygens (including phenoxy) is 2. The standard InChI is InChI=1S/C42H78N2O4.2ClH/c1-7-9-11-13-15-17-19-21-23-25-27-29-35-43(3,4)37-41(45)47-39-31-33-40(34-32-39)48-42(46)38-44(5,6)36-30-28-26-24-22-20-18-16-14-12-10-8-2;;/h31-34H,7-30,35-38H2,1-6H3;2*1H/q+2;;/p-2. The fourth-order valence-corrected chi connectivity index (χ4v) is 6.52. The van der Waals surface area contributed by atoms with E-state index < -0.39 is 0 Å². The minimum atomic E-state index is -0.236. The van der Waals surface area contributed by atoms with Crippen LogP contribution in [0.1, 0.15) is 168 Å². The third-order valence-electron chi connectivity index (χ3n) is 9.64. The zero-order valence-electron chi connectivity index (χ0n) is 33.4. The number of likely N-dealkylation sites (N-methyl/N-ethyl adjacent to an activating group) is 2. The molecule has 0 spiro atoms. The molecule has 0 radical (unpaired) electrons. The van der Waals surface area contributed by atoms with Gasteiger partial charge in [-0.25, -0.2) is 9.59 Å². The second kappa shape index (κ2) is 32.3. The molecule has 8 heteroatoms. The summed E-state index contributed by atoms with van der Waals surface area (Å²) in [6.07, 6.45) is 32.0. The molecule has 1 aromatic rings. The molecule has 0 N–H and O–H groups in total. The second-order valence-electron chi connectivity index (χ2n) is 15.8. The highest BCUT2D eigenvalue weighted by molar-refractivity contribution is 5.74. The lowest BCUT2D eigenvalue weighted by Gasteiger charge is -2.28. The van der Waals surface area contributed by atoms with Gasteiger partial charge in [-0.3, -0.25) is 0 Å². The predicted molar refractivity (Wildman–Crippen MR) is 204 cm³/mol. The third-order valence-corrected chi connectivity index (χ3v) is 9.64. The van der Waals surface area contributed by atoms with Crippen LogP contribution in [0.25, 0.3) is 0 Å². The quantitative estimate of drug-likeness (QED) is 0.0449. The number of carbonyl (C=O) groups is 2. The lowest BCUT2D eigenvalue weighted by Crippen LogP contribution is -3.00. The first-order chi connectivity index (χ1) is 23.1. The summed E-state index contributed by atoms with van der Waals surface area (Å²) in [6.45, 7) is 7.15. The van der Waals surface area contributed by atoms with Gasteiger partial charge in [0.1, 0.15) is 11.5 Å². The van der Waals surface area contributed by atoms with Crippen molar-refractivity contribution in [2.24, 2.45) is 0 Å². The summed E-state index contributed by atoms with van der Waals surface area (Å²) in [5.74, 6) is 0.488. The highest BCUT2D eigenvalue weighted by Crippen LogP contribution is 2.19. The van der Waals surface area contributed by atoms with E-state index in [0.29, 0.717) is 33.6 Å². The molecule has 0 amide bonds. The number of hydrogen-bond acceptors (Lipinski definition) is 4. The van der Waals surface area contributed by atoms with E-state index in [1.54, 1.807) is 24.3 Å². The molecule has 0 aliphatic carbocycles. The van der Waals surface area contributed by atoms with Gasteiger partial charge in [0.15, 0.2) is 13.1 Å². The van der Waals surface area contributed by atoms with Crippen molar-refractivity contribution < 1.29 is 52.8 Å². The molecule has 0 fully saturated rings. The van der Waals surface area contributed by atoms with Gasteiger partial charge < -0.3 is 43.3 Å². The maximum absolute atomic E-state index is 12.7. The van der Waals surface area contributed by atoms with Gasteiger partial charge in [0.2, 0.25) is 0 Å². The first-order valence-electron chi connectivity index (χ1n) is 20.2. The maximum Gasteiger partial charge on any atom is 0.367 e. The number of nitrogens with zero attached hydrogens (tertiary/aromatic N) is 2. The topological polar surface area (TPSA) is 52.6 Å². The molecule has 294 valence electrons. The van der Waals surface area contributed by atoms with Crippen molar-refractivity contribution >= 4 is 11.9 Å². The van der Waals surface area contributed by atoms with Crippen molar-refractivity contribution in [3.05, 3.63) is 24.3 Å². The largest absolute Gasteiger partial charge is 1.00 e. The van der Waals surface area contributed by atoms with E-state index in [1.807, 2.05) is 0 Å². The molecule has 50 heavy (non-hydrogen) atoms. The van der Waals surface area contributed by atoms with Crippen molar-refractivity contribution in [1.82, 2.24) is 0 Å². The summed E-state index contributed by atoms with van der Waals surface area (Å²) in [6, 6.07) is 6.83. The molecule has 0 saturated carbocycles. The summed E-state index contributed by atoms with van der Waals surface area (Å²) < 4.78 is 12.5. The van der Waals surface area contributed by atoms with Crippen LogP contribution in [0.15, 0.2) is 24.3 Å². The Labute approximate surface area is 321 Å². The molecule has 6 nitrogen and oxygen atoms in total. The van der Waals surface area contributed by atoms with Crippen molar-refractivity contribution in [2.75, 3.05) is 54.4 Å². The van der Waals surface area contributed by atoms with Crippen LogP contribution in [0.3, 0.4) is 0 Å². The Morgan fingerprint density at radius 1 is 0.420 bits per heavy atom. The molecule has 0 heterocycles. The summed E-state index contributed by atoms with van der Waals surface area (Å²) in [5.41, 5.74) is 0. The number of rotatable bonds is 32. The van der Waals surface area contributed by atoms with Crippen LogP contribution in [0.2, 0.25) is 0 Å². The average molecular weight is 746 g/mol. The van der Waals surface area contributed by atoms with E-state index in [4.69, 9.17) is 9.47 Å². The molecule has 0 atom stereocenters. The van der Waals surface area contributed by atoms with Crippen molar-refractivity contribution in [2.45, 2.75) is 168 Å². The zero-order valence-corrected chi connectivity index (χ0v) is 34.9. The van der Waals surface area contributed by atoms with Crippen molar-refractivity contribution in [1.29, 1.82) is 0 Å². The van der Waals surface area contributed by atoms with Crippen LogP contribution >= 0.6 is 0 Å². The van der Waals surface area contributed by atoms with Crippen LogP contribution in [0, 0.1) is 0 Å². The van der Waals surface area contributed by atoms with Gasteiger partial charge >= 0.3 is 11.9 Å². The summed E-state index contributed by atoms with van der Waals surface area (Å²) in [5, 5.41) is 0. The van der Waals surface area contributed by atoms with Gasteiger partial charge in [-0.2, -0.15) is 0 Å². The summed E-state index contributed by atoms with van der Waals surface area (Å²) >= 11 is 0. The summed E-state index contributed by atoms with van der Waals surface area (Å²) in [7, 11) is 8.39. The van der Waals surface area contributed by atoms with Gasteiger partial charge in [-0.05, 0) is 49.9 Å². The molecule has 1 aromatic carbocycles. The van der Waals surface area contributed by atoms with E-state index in [-0.39, 0.29) is 36.8 Å². The van der Waals surface area contributed by atoms with E-state index >= 15 is 0 Å². The van der Waals surface area contributed by atoms with Gasteiger partial charge in [0.25, 0.3) is 0 Å². The van der Waals surface area contributed by atoms with Gasteiger partial charge in [-0.1, -0.05) is 142 Å². The minimum absolute atomic E-state index is 0. The Morgan fingerprint density at radius 2 is 0.640 bits per heavy atom. The number of quaternary nitrogens is 2. The summed E-state index contributed by atoms with van der Waals surface area (Å²) in [4.78, 5) is 25.3. The maximum atomic E-state index is 12.7. The third kappa shape index (κ3) is 30.3. The Bertz CT molecular complexity index is 865. The number of benzene rings is 1. The molecule has 0 bridgehead atoms. The fourth-order valence-electron chi connectivity index (χ4n) is 6.52. The van der Waals surface area contributed by atoms with Gasteiger partial charge in [0, 0.05) is 0 Å². The second-order valence-corrected chi connectivity index (χ2v) is 15.8. The van der Waals surface area contributed by atoms with E-state index in [1.165, 1.54) is 141 Å². The van der Waals surface area contributed by atoms with Crippen LogP contribution in [0.4, 0.5) is 0 Å². The van der Waals surface area contributed by atoms with Gasteiger partial charge in [0.05, 0.1) is 41.3 Å². The van der Waals surface area contributed by atoms with Gasteiger partial charge in [-0.15, -0.1) is 0 Å². The smallest absolute Gasteiger partial charge is 0.367 e. The van der Waals surface area contributed by atoms with Crippen LogP contribution in [-0.4, -0.2) is 75.3 Å². The molecule has 1 rings (SSSR count). The SMILES string of the molecule is CCCCCCCCCCCCCC[N+](C)(C)CC(=O)Oc1ccc(OC(=O)C[N+](C)(C)CCCCCCCCCCCCCC)cc1.[Cl-].[Cl-]. The number of carbonyl (C=O) groups excluding carboxylic acids is 2. The predicted octanol–water partition coefficient (Wildman–Crippen LogP) is 5.06. The molecular weight excluding hydrogens is 667 g/mol. The average Bonchev–Trinajstić information content (AvgIpc) is 3.02. The van der Waals surface area contributed by atoms with Crippen LogP contribution < -0.4 is 34.3 Å². The van der Waals surface area contributed by atoms with Crippen LogP contribution in [-0.2, 0) is 9.59 Å². The minimum Gasteiger partial charge on any atom is -1.00 e. The molecule has 0 aliphatic rings. The molecule has 0 aliphatic heterocycles. The van der Waals surface area contributed by atoms with E-state index in [0.717, 1.165) is 25.9 Å². The Kier molecular flexibility index (Phi) is 32.8. The number of hydrogen-bond donors (Lipinski definition) is 0. The zero-order chi connectivity index (χ0) is 35.4. The molecule has 0 saturated heterocycles. The van der Waals surface area contributed by atoms with E-state index in [9.17, 15) is 9.59 Å². The first-order valence-corrected chi connectivity index (χ1v) is 20.2. The number of unbranched alkanes of at least 4 members (excludes halogenated alkanes) is 22. The molecular formula is C42H78Cl2N2O4. The number of esters is 2. The Morgan fingerprint density at radius 3 is 0.880 bits per heavy atom.